The molecule has 4 nitrogen and oxygen atoms in total. The van der Waals surface area contributed by atoms with Crippen LogP contribution in [0.2, 0.25) is 0 Å². The smallest absolute Gasteiger partial charge is 0.303 e. The van der Waals surface area contributed by atoms with E-state index in [2.05, 4.69) is 0 Å². The molecule has 0 saturated carbocycles. The summed E-state index contributed by atoms with van der Waals surface area (Å²) < 4.78 is 15.4. The Morgan fingerprint density at radius 1 is 1.67 bits per heavy atom. The molecular formula is C8H14O4. The van der Waals surface area contributed by atoms with E-state index in [0.717, 1.165) is 6.42 Å². The standard InChI is InChI=1S/C8H14O4/c1-3-10-8-7(4-5-11-8)12-6(2)9/h7-8H,3-5H2,1-2H3. The van der Waals surface area contributed by atoms with E-state index in [0.29, 0.717) is 13.2 Å². The summed E-state index contributed by atoms with van der Waals surface area (Å²) in [5.41, 5.74) is 0. The van der Waals surface area contributed by atoms with Gasteiger partial charge >= 0.3 is 5.97 Å². The summed E-state index contributed by atoms with van der Waals surface area (Å²) in [5.74, 6) is -0.282. The Hall–Kier alpha value is -0.610. The van der Waals surface area contributed by atoms with Crippen LogP contribution in [0, 0.1) is 0 Å². The molecule has 0 bridgehead atoms. The van der Waals surface area contributed by atoms with Crippen LogP contribution in [0.3, 0.4) is 0 Å². The molecule has 0 aromatic rings. The molecule has 0 aromatic heterocycles. The molecule has 1 fully saturated rings. The number of carbonyl (C=O) groups is 1. The van der Waals surface area contributed by atoms with Gasteiger partial charge in [0.25, 0.3) is 0 Å². The fraction of sp³-hybridized carbons (Fsp3) is 0.875. The van der Waals surface area contributed by atoms with Gasteiger partial charge in [-0.15, -0.1) is 0 Å². The average molecular weight is 174 g/mol. The lowest BCUT2D eigenvalue weighted by atomic mass is 10.3. The predicted octanol–water partition coefficient (Wildman–Crippen LogP) is 0.701. The van der Waals surface area contributed by atoms with Crippen LogP contribution in [0.5, 0.6) is 0 Å². The zero-order valence-electron chi connectivity index (χ0n) is 7.41. The number of carbonyl (C=O) groups excluding carboxylic acids is 1. The van der Waals surface area contributed by atoms with Gasteiger partial charge in [0.2, 0.25) is 0 Å². The van der Waals surface area contributed by atoms with Crippen molar-refractivity contribution >= 4 is 5.97 Å². The Bertz CT molecular complexity index is 157. The molecule has 1 heterocycles. The van der Waals surface area contributed by atoms with Gasteiger partial charge in [-0.1, -0.05) is 0 Å². The first-order valence-corrected chi connectivity index (χ1v) is 4.14. The fourth-order valence-electron chi connectivity index (χ4n) is 1.19. The molecule has 0 aromatic carbocycles. The van der Waals surface area contributed by atoms with E-state index in [4.69, 9.17) is 14.2 Å². The Morgan fingerprint density at radius 3 is 3.00 bits per heavy atom. The third kappa shape index (κ3) is 2.46. The Labute approximate surface area is 71.8 Å². The molecule has 0 spiro atoms. The van der Waals surface area contributed by atoms with Crippen molar-refractivity contribution in [1.82, 2.24) is 0 Å². The van der Waals surface area contributed by atoms with Crippen LogP contribution >= 0.6 is 0 Å². The van der Waals surface area contributed by atoms with Crippen molar-refractivity contribution < 1.29 is 19.0 Å². The largest absolute Gasteiger partial charge is 0.457 e. The van der Waals surface area contributed by atoms with Crippen molar-refractivity contribution in [3.8, 4) is 0 Å². The second kappa shape index (κ2) is 4.42. The summed E-state index contributed by atoms with van der Waals surface area (Å²) in [6, 6.07) is 0. The quantitative estimate of drug-likeness (QED) is 0.591. The Morgan fingerprint density at radius 2 is 2.42 bits per heavy atom. The molecule has 0 radical (unpaired) electrons. The highest BCUT2D eigenvalue weighted by molar-refractivity contribution is 5.66. The van der Waals surface area contributed by atoms with Gasteiger partial charge in [0.15, 0.2) is 12.4 Å². The summed E-state index contributed by atoms with van der Waals surface area (Å²) in [6.07, 6.45) is 0.144. The summed E-state index contributed by atoms with van der Waals surface area (Å²) in [6.45, 7) is 4.44. The maximum Gasteiger partial charge on any atom is 0.303 e. The van der Waals surface area contributed by atoms with Crippen LogP contribution < -0.4 is 0 Å². The van der Waals surface area contributed by atoms with Gasteiger partial charge in [0.1, 0.15) is 0 Å². The molecule has 1 aliphatic rings. The number of ether oxygens (including phenoxy) is 3. The van der Waals surface area contributed by atoms with Crippen LogP contribution in [0.1, 0.15) is 20.3 Å². The average Bonchev–Trinajstić information content (AvgIpc) is 2.37. The maximum atomic E-state index is 10.6. The maximum absolute atomic E-state index is 10.6. The van der Waals surface area contributed by atoms with Crippen LogP contribution in [0.25, 0.3) is 0 Å². The summed E-state index contributed by atoms with van der Waals surface area (Å²) in [5, 5.41) is 0. The summed E-state index contributed by atoms with van der Waals surface area (Å²) >= 11 is 0. The number of esters is 1. The SMILES string of the molecule is CCOC1OCCC1OC(C)=O. The first kappa shape index (κ1) is 9.48. The van der Waals surface area contributed by atoms with Crippen molar-refractivity contribution in [3.63, 3.8) is 0 Å². The first-order valence-electron chi connectivity index (χ1n) is 4.14. The monoisotopic (exact) mass is 174 g/mol. The number of rotatable bonds is 3. The van der Waals surface area contributed by atoms with E-state index in [-0.39, 0.29) is 18.4 Å². The van der Waals surface area contributed by atoms with Gasteiger partial charge < -0.3 is 14.2 Å². The van der Waals surface area contributed by atoms with Crippen LogP contribution in [-0.2, 0) is 19.0 Å². The molecule has 1 rings (SSSR count). The van der Waals surface area contributed by atoms with Crippen LogP contribution in [-0.4, -0.2) is 31.6 Å². The lowest BCUT2D eigenvalue weighted by molar-refractivity contribution is -0.176. The highest BCUT2D eigenvalue weighted by Crippen LogP contribution is 2.18. The summed E-state index contributed by atoms with van der Waals surface area (Å²) in [4.78, 5) is 10.6. The number of hydrogen-bond acceptors (Lipinski definition) is 4. The third-order valence-corrected chi connectivity index (χ3v) is 1.64. The van der Waals surface area contributed by atoms with E-state index < -0.39 is 0 Å². The molecule has 0 aliphatic carbocycles. The molecule has 4 heteroatoms. The third-order valence-electron chi connectivity index (χ3n) is 1.64. The minimum absolute atomic E-state index is 0.220. The van der Waals surface area contributed by atoms with Gasteiger partial charge in [-0.2, -0.15) is 0 Å². The molecule has 1 aliphatic heterocycles. The van der Waals surface area contributed by atoms with E-state index in [1.54, 1.807) is 0 Å². The van der Waals surface area contributed by atoms with Crippen LogP contribution in [0.15, 0.2) is 0 Å². The van der Waals surface area contributed by atoms with Gasteiger partial charge in [0, 0.05) is 20.0 Å². The second-order valence-corrected chi connectivity index (χ2v) is 2.63. The molecule has 12 heavy (non-hydrogen) atoms. The molecule has 0 amide bonds. The van der Waals surface area contributed by atoms with Crippen molar-refractivity contribution in [1.29, 1.82) is 0 Å². The predicted molar refractivity (Wildman–Crippen MR) is 41.5 cm³/mol. The fourth-order valence-corrected chi connectivity index (χ4v) is 1.19. The van der Waals surface area contributed by atoms with E-state index >= 15 is 0 Å². The minimum Gasteiger partial charge on any atom is -0.457 e. The molecular weight excluding hydrogens is 160 g/mol. The van der Waals surface area contributed by atoms with Crippen molar-refractivity contribution in [2.45, 2.75) is 32.7 Å². The van der Waals surface area contributed by atoms with Gasteiger partial charge in [-0.3, -0.25) is 4.79 Å². The van der Waals surface area contributed by atoms with Gasteiger partial charge in [-0.25, -0.2) is 0 Å². The molecule has 2 atom stereocenters. The molecule has 0 N–H and O–H groups in total. The molecule has 70 valence electrons. The Kier molecular flexibility index (Phi) is 3.49. The van der Waals surface area contributed by atoms with Gasteiger partial charge in [0.05, 0.1) is 6.61 Å². The second-order valence-electron chi connectivity index (χ2n) is 2.63. The highest BCUT2D eigenvalue weighted by Gasteiger charge is 2.31. The van der Waals surface area contributed by atoms with Crippen molar-refractivity contribution in [2.75, 3.05) is 13.2 Å². The Balaban J connectivity index is 2.35. The lowest BCUT2D eigenvalue weighted by Crippen LogP contribution is -2.28. The zero-order chi connectivity index (χ0) is 8.97. The van der Waals surface area contributed by atoms with Crippen molar-refractivity contribution in [2.24, 2.45) is 0 Å². The zero-order valence-corrected chi connectivity index (χ0v) is 7.41. The molecule has 2 unspecified atom stereocenters. The van der Waals surface area contributed by atoms with E-state index in [1.807, 2.05) is 6.92 Å². The van der Waals surface area contributed by atoms with E-state index in [1.165, 1.54) is 6.92 Å². The minimum atomic E-state index is -0.362. The molecule has 1 saturated heterocycles. The highest BCUT2D eigenvalue weighted by atomic mass is 16.7. The van der Waals surface area contributed by atoms with Crippen molar-refractivity contribution in [3.05, 3.63) is 0 Å². The topological polar surface area (TPSA) is 44.8 Å². The lowest BCUT2D eigenvalue weighted by Gasteiger charge is -2.17. The van der Waals surface area contributed by atoms with E-state index in [9.17, 15) is 4.79 Å². The summed E-state index contributed by atoms with van der Waals surface area (Å²) in [7, 11) is 0. The number of hydrogen-bond donors (Lipinski definition) is 0. The van der Waals surface area contributed by atoms with Crippen LogP contribution in [0.4, 0.5) is 0 Å². The first-order chi connectivity index (χ1) is 5.74. The normalized spacial score (nSPS) is 28.8. The van der Waals surface area contributed by atoms with Gasteiger partial charge in [-0.05, 0) is 6.92 Å².